The number of nitrogens with zero attached hydrogens (tertiary/aromatic N) is 3. The minimum Gasteiger partial charge on any atom is -0.497 e. The molecule has 0 spiro atoms. The quantitative estimate of drug-likeness (QED) is 0.343. The Morgan fingerprint density at radius 1 is 0.893 bits per heavy atom. The number of aromatic nitrogens is 3. The van der Waals surface area contributed by atoms with Gasteiger partial charge < -0.3 is 4.74 Å². The lowest BCUT2D eigenvalue weighted by Crippen LogP contribution is -2.30. The van der Waals surface area contributed by atoms with Crippen molar-refractivity contribution in [2.24, 2.45) is 0 Å². The zero-order chi connectivity index (χ0) is 20.2. The predicted octanol–water partition coefficient (Wildman–Crippen LogP) is 4.89. The van der Waals surface area contributed by atoms with Crippen LogP contribution in [0, 0.1) is 0 Å². The van der Waals surface area contributed by atoms with Crippen LogP contribution in [0.5, 0.6) is 5.75 Å². The van der Waals surface area contributed by atoms with Gasteiger partial charge in [-0.05, 0) is 24.3 Å². The van der Waals surface area contributed by atoms with Gasteiger partial charge in [0.05, 0.1) is 38.3 Å². The maximum absolute atomic E-state index is 12.8. The van der Waals surface area contributed by atoms with Crippen LogP contribution in [0.25, 0.3) is 11.4 Å². The van der Waals surface area contributed by atoms with Crippen LogP contribution in [0.2, 0.25) is 20.1 Å². The van der Waals surface area contributed by atoms with Gasteiger partial charge in [0.25, 0.3) is 17.8 Å². The van der Waals surface area contributed by atoms with E-state index in [0.29, 0.717) is 17.1 Å². The summed E-state index contributed by atoms with van der Waals surface area (Å²) < 4.78 is 5.11. The minimum absolute atomic E-state index is 0.107. The van der Waals surface area contributed by atoms with Gasteiger partial charge in [0.1, 0.15) is 5.75 Å². The first-order chi connectivity index (χ1) is 13.3. The van der Waals surface area contributed by atoms with E-state index in [2.05, 4.69) is 15.2 Å². The van der Waals surface area contributed by atoms with Gasteiger partial charge in [-0.25, -0.2) is 4.90 Å². The molecular weight excluding hydrogens is 450 g/mol. The number of methoxy groups -OCH3 is 1. The van der Waals surface area contributed by atoms with Crippen LogP contribution < -0.4 is 9.64 Å². The fourth-order valence-corrected chi connectivity index (χ4v) is 3.78. The molecule has 142 valence electrons. The second kappa shape index (κ2) is 6.93. The Balaban J connectivity index is 1.76. The summed E-state index contributed by atoms with van der Waals surface area (Å²) in [6.45, 7) is 0. The van der Waals surface area contributed by atoms with Gasteiger partial charge in [0.2, 0.25) is 0 Å². The number of H-pyrrole nitrogens is 1. The molecule has 2 aromatic carbocycles. The van der Waals surface area contributed by atoms with E-state index in [4.69, 9.17) is 51.1 Å². The first kappa shape index (κ1) is 19.0. The lowest BCUT2D eigenvalue weighted by atomic mass is 10.1. The van der Waals surface area contributed by atoms with Crippen molar-refractivity contribution in [3.63, 3.8) is 0 Å². The van der Waals surface area contributed by atoms with Crippen molar-refractivity contribution >= 4 is 64.2 Å². The monoisotopic (exact) mass is 456 g/mol. The van der Waals surface area contributed by atoms with E-state index in [1.165, 1.54) is 0 Å². The Labute approximate surface area is 178 Å². The lowest BCUT2D eigenvalue weighted by Gasteiger charge is -2.07. The average Bonchev–Trinajstić information content (AvgIpc) is 3.27. The number of hydrogen-bond donors (Lipinski definition) is 1. The van der Waals surface area contributed by atoms with Crippen molar-refractivity contribution in [2.45, 2.75) is 0 Å². The summed E-state index contributed by atoms with van der Waals surface area (Å²) in [6, 6.07) is 6.98. The van der Waals surface area contributed by atoms with Crippen molar-refractivity contribution in [1.29, 1.82) is 0 Å². The number of amides is 2. The molecule has 1 aliphatic heterocycles. The summed E-state index contributed by atoms with van der Waals surface area (Å²) in [5, 5.41) is 6.14. The zero-order valence-electron chi connectivity index (χ0n) is 13.9. The van der Waals surface area contributed by atoms with Gasteiger partial charge in [-0.2, -0.15) is 4.98 Å². The van der Waals surface area contributed by atoms with Gasteiger partial charge in [-0.15, -0.1) is 5.10 Å². The molecule has 0 fully saturated rings. The molecule has 28 heavy (non-hydrogen) atoms. The molecule has 4 rings (SSSR count). The topological polar surface area (TPSA) is 88.2 Å². The number of benzene rings is 2. The highest BCUT2D eigenvalue weighted by Gasteiger charge is 2.44. The summed E-state index contributed by atoms with van der Waals surface area (Å²) in [5.41, 5.74) is 0.405. The summed E-state index contributed by atoms with van der Waals surface area (Å²) in [4.78, 5) is 30.6. The van der Waals surface area contributed by atoms with Crippen LogP contribution in [0.15, 0.2) is 24.3 Å². The van der Waals surface area contributed by atoms with Crippen molar-refractivity contribution in [2.75, 3.05) is 12.0 Å². The number of carbonyl (C=O) groups is 2. The SMILES string of the molecule is COc1ccc(-c2nc(N3C(=O)c4c(Cl)c(Cl)c(Cl)c(Cl)c4C3=O)n[nH]2)cc1. The van der Waals surface area contributed by atoms with E-state index in [1.807, 2.05) is 0 Å². The number of rotatable bonds is 3. The van der Waals surface area contributed by atoms with Gasteiger partial charge in [0, 0.05) is 5.56 Å². The molecule has 2 amide bonds. The van der Waals surface area contributed by atoms with Gasteiger partial charge in [0.15, 0.2) is 5.82 Å². The molecule has 2 heterocycles. The molecule has 0 unspecified atom stereocenters. The van der Waals surface area contributed by atoms with Crippen molar-refractivity contribution < 1.29 is 14.3 Å². The number of aromatic amines is 1. The fourth-order valence-electron chi connectivity index (χ4n) is 2.76. The van der Waals surface area contributed by atoms with Crippen LogP contribution >= 0.6 is 46.4 Å². The molecule has 11 heteroatoms. The number of hydrogen-bond acceptors (Lipinski definition) is 5. The van der Waals surface area contributed by atoms with Crippen LogP contribution in [-0.2, 0) is 0 Å². The van der Waals surface area contributed by atoms with Crippen molar-refractivity contribution in [1.82, 2.24) is 15.2 Å². The number of nitrogens with one attached hydrogen (secondary N) is 1. The van der Waals surface area contributed by atoms with E-state index >= 15 is 0 Å². The first-order valence-corrected chi connectivity index (χ1v) is 9.18. The smallest absolute Gasteiger partial charge is 0.270 e. The number of fused-ring (bicyclic) bond motifs is 1. The second-order valence-electron chi connectivity index (χ2n) is 5.66. The molecule has 0 saturated heterocycles. The molecule has 0 bridgehead atoms. The van der Waals surface area contributed by atoms with Crippen molar-refractivity contribution in [3.05, 3.63) is 55.5 Å². The Hall–Kier alpha value is -2.32. The third-order valence-corrected chi connectivity index (χ3v) is 5.94. The van der Waals surface area contributed by atoms with Crippen molar-refractivity contribution in [3.8, 4) is 17.1 Å². The normalized spacial score (nSPS) is 13.2. The Kier molecular flexibility index (Phi) is 4.71. The maximum atomic E-state index is 12.8. The molecule has 3 aromatic rings. The highest BCUT2D eigenvalue weighted by atomic mass is 35.5. The van der Waals surface area contributed by atoms with Gasteiger partial charge in [-0.1, -0.05) is 46.4 Å². The average molecular weight is 458 g/mol. The Bertz CT molecular complexity index is 1100. The molecule has 0 atom stereocenters. The fraction of sp³-hybridized carbons (Fsp3) is 0.0588. The summed E-state index contributed by atoms with van der Waals surface area (Å²) in [7, 11) is 1.55. The molecule has 1 N–H and O–H groups in total. The highest BCUT2D eigenvalue weighted by Crippen LogP contribution is 2.45. The summed E-state index contributed by atoms with van der Waals surface area (Å²) >= 11 is 24.3. The van der Waals surface area contributed by atoms with Gasteiger partial charge >= 0.3 is 0 Å². The maximum Gasteiger partial charge on any atom is 0.270 e. The van der Waals surface area contributed by atoms with Crippen LogP contribution in [-0.4, -0.2) is 34.1 Å². The molecule has 0 saturated carbocycles. The summed E-state index contributed by atoms with van der Waals surface area (Å²) in [6.07, 6.45) is 0. The van der Waals surface area contributed by atoms with E-state index in [-0.39, 0.29) is 37.2 Å². The highest BCUT2D eigenvalue weighted by molar-refractivity contribution is 6.56. The van der Waals surface area contributed by atoms with E-state index in [1.54, 1.807) is 31.4 Å². The van der Waals surface area contributed by atoms with Crippen LogP contribution in [0.1, 0.15) is 20.7 Å². The number of carbonyl (C=O) groups excluding carboxylic acids is 2. The number of ether oxygens (including phenoxy) is 1. The standard InChI is InChI=1S/C17H8Cl4N4O3/c1-28-7-4-2-6(3-5-7)14-22-17(24-23-14)25-15(26)8-9(16(25)27)11(19)13(21)12(20)10(8)18/h2-5H,1H3,(H,22,23,24). The number of halogens is 4. The lowest BCUT2D eigenvalue weighted by molar-refractivity contribution is 0.0924. The zero-order valence-corrected chi connectivity index (χ0v) is 16.9. The number of anilines is 1. The molecular formula is C17H8Cl4N4O3. The molecule has 0 aliphatic carbocycles. The molecule has 0 radical (unpaired) electrons. The van der Waals surface area contributed by atoms with Crippen LogP contribution in [0.3, 0.4) is 0 Å². The van der Waals surface area contributed by atoms with E-state index in [9.17, 15) is 9.59 Å². The second-order valence-corrected chi connectivity index (χ2v) is 7.18. The largest absolute Gasteiger partial charge is 0.497 e. The Morgan fingerprint density at radius 2 is 1.43 bits per heavy atom. The van der Waals surface area contributed by atoms with Gasteiger partial charge in [-0.3, -0.25) is 14.7 Å². The van der Waals surface area contributed by atoms with E-state index in [0.717, 1.165) is 4.90 Å². The number of imide groups is 1. The first-order valence-electron chi connectivity index (χ1n) is 7.66. The predicted molar refractivity (Wildman–Crippen MR) is 106 cm³/mol. The summed E-state index contributed by atoms with van der Waals surface area (Å²) in [5.74, 6) is -0.628. The minimum atomic E-state index is -0.745. The van der Waals surface area contributed by atoms with E-state index < -0.39 is 11.8 Å². The van der Waals surface area contributed by atoms with Crippen LogP contribution in [0.4, 0.5) is 5.95 Å². The third kappa shape index (κ3) is 2.74. The molecule has 1 aliphatic rings. The Morgan fingerprint density at radius 3 is 1.93 bits per heavy atom. The third-order valence-electron chi connectivity index (χ3n) is 4.14. The molecule has 7 nitrogen and oxygen atoms in total. The molecule has 1 aromatic heterocycles.